The fourth-order valence-corrected chi connectivity index (χ4v) is 3.48. The number of nitrogens with one attached hydrogen (secondary N) is 2. The lowest BCUT2D eigenvalue weighted by atomic mass is 10.0. The van der Waals surface area contributed by atoms with Crippen molar-refractivity contribution >= 4 is 17.5 Å². The Morgan fingerprint density at radius 3 is 2.83 bits per heavy atom. The molecule has 2 amide bonds. The minimum absolute atomic E-state index is 0.0380. The Hall–Kier alpha value is -2.93. The van der Waals surface area contributed by atoms with Crippen molar-refractivity contribution in [2.24, 2.45) is 0 Å². The zero-order chi connectivity index (χ0) is 21.5. The first-order valence-corrected chi connectivity index (χ1v) is 10.2. The number of hydrogen-bond donors (Lipinski definition) is 2. The molecule has 1 aliphatic heterocycles. The molecule has 0 aromatic heterocycles. The maximum Gasteiger partial charge on any atom is 0.224 e. The summed E-state index contributed by atoms with van der Waals surface area (Å²) < 4.78 is 19.3. The molecule has 7 heteroatoms. The maximum atomic E-state index is 13.5. The van der Waals surface area contributed by atoms with Crippen LogP contribution in [0.2, 0.25) is 0 Å². The summed E-state index contributed by atoms with van der Waals surface area (Å²) in [6.45, 7) is 0.840. The summed E-state index contributed by atoms with van der Waals surface area (Å²) in [7, 11) is 3.80. The molecule has 0 radical (unpaired) electrons. The van der Waals surface area contributed by atoms with Crippen LogP contribution in [0.4, 0.5) is 10.1 Å². The lowest BCUT2D eigenvalue weighted by Crippen LogP contribution is -2.34. The molecular formula is C23H28FN3O3. The van der Waals surface area contributed by atoms with Crippen LogP contribution in [-0.4, -0.2) is 44.0 Å². The van der Waals surface area contributed by atoms with Crippen molar-refractivity contribution in [3.8, 4) is 5.75 Å². The average molecular weight is 413 g/mol. The number of halogens is 1. The summed E-state index contributed by atoms with van der Waals surface area (Å²) in [5, 5.41) is 5.77. The van der Waals surface area contributed by atoms with Crippen LogP contribution < -0.4 is 15.4 Å². The maximum absolute atomic E-state index is 13.5. The van der Waals surface area contributed by atoms with E-state index >= 15 is 0 Å². The number of rotatable bonds is 9. The Morgan fingerprint density at radius 1 is 1.23 bits per heavy atom. The first-order valence-electron chi connectivity index (χ1n) is 10.2. The van der Waals surface area contributed by atoms with Crippen molar-refractivity contribution in [1.29, 1.82) is 0 Å². The van der Waals surface area contributed by atoms with Gasteiger partial charge in [0.25, 0.3) is 0 Å². The van der Waals surface area contributed by atoms with Gasteiger partial charge in [-0.1, -0.05) is 12.1 Å². The summed E-state index contributed by atoms with van der Waals surface area (Å²) in [5.41, 5.74) is 2.73. The summed E-state index contributed by atoms with van der Waals surface area (Å²) >= 11 is 0. The fraction of sp³-hybridized carbons (Fsp3) is 0.391. The molecule has 1 heterocycles. The summed E-state index contributed by atoms with van der Waals surface area (Å²) in [4.78, 5) is 25.6. The van der Waals surface area contributed by atoms with Gasteiger partial charge in [-0.2, -0.15) is 0 Å². The molecule has 1 atom stereocenters. The predicted octanol–water partition coefficient (Wildman–Crippen LogP) is 3.29. The molecule has 1 aliphatic rings. The fourth-order valence-electron chi connectivity index (χ4n) is 3.48. The smallest absolute Gasteiger partial charge is 0.224 e. The number of benzene rings is 2. The van der Waals surface area contributed by atoms with Crippen LogP contribution in [0.3, 0.4) is 0 Å². The lowest BCUT2D eigenvalue weighted by Gasteiger charge is -2.25. The molecule has 30 heavy (non-hydrogen) atoms. The van der Waals surface area contributed by atoms with Gasteiger partial charge in [0, 0.05) is 25.1 Å². The molecular weight excluding hydrogens is 385 g/mol. The third-order valence-electron chi connectivity index (χ3n) is 5.14. The van der Waals surface area contributed by atoms with Crippen LogP contribution >= 0.6 is 0 Å². The highest BCUT2D eigenvalue weighted by atomic mass is 19.1. The van der Waals surface area contributed by atoms with Crippen molar-refractivity contribution < 1.29 is 18.7 Å². The lowest BCUT2D eigenvalue weighted by molar-refractivity contribution is -0.121. The van der Waals surface area contributed by atoms with Crippen LogP contribution in [0.1, 0.15) is 36.4 Å². The second kappa shape index (κ2) is 10.2. The van der Waals surface area contributed by atoms with E-state index < -0.39 is 0 Å². The van der Waals surface area contributed by atoms with Crippen LogP contribution in [0, 0.1) is 5.82 Å². The molecule has 6 nitrogen and oxygen atoms in total. The van der Waals surface area contributed by atoms with Crippen molar-refractivity contribution in [2.75, 3.05) is 32.6 Å². The monoisotopic (exact) mass is 413 g/mol. The van der Waals surface area contributed by atoms with Crippen molar-refractivity contribution in [3.05, 3.63) is 59.4 Å². The molecule has 2 aromatic carbocycles. The molecule has 2 N–H and O–H groups in total. The van der Waals surface area contributed by atoms with E-state index in [1.165, 1.54) is 12.1 Å². The van der Waals surface area contributed by atoms with Gasteiger partial charge in [-0.25, -0.2) is 4.39 Å². The third-order valence-corrected chi connectivity index (χ3v) is 5.14. The zero-order valence-electron chi connectivity index (χ0n) is 17.4. The molecule has 160 valence electrons. The van der Waals surface area contributed by atoms with Crippen molar-refractivity contribution in [1.82, 2.24) is 10.2 Å². The second-order valence-electron chi connectivity index (χ2n) is 7.66. The number of aryl methyl sites for hydroxylation is 1. The molecule has 0 fully saturated rings. The number of ether oxygens (including phenoxy) is 1. The Bertz CT molecular complexity index is 901. The standard InChI is InChI=1S/C23H28FN3O3/c1-27(2)21(17-5-3-6-18(24)13-17)15-25-22(28)7-4-12-30-19-9-10-20-16(14-19)8-11-23(29)26-20/h3,5-6,9-10,13-14,21H,4,7-8,11-12,15H2,1-2H3,(H,25,28)(H,26,29). The van der Waals surface area contributed by atoms with Crippen molar-refractivity contribution in [2.45, 2.75) is 31.7 Å². The van der Waals surface area contributed by atoms with Gasteiger partial charge in [-0.05, 0) is 68.4 Å². The Morgan fingerprint density at radius 2 is 2.07 bits per heavy atom. The van der Waals surface area contributed by atoms with E-state index in [0.29, 0.717) is 38.8 Å². The van der Waals surface area contributed by atoms with E-state index in [-0.39, 0.29) is 23.7 Å². The molecule has 2 aromatic rings. The summed E-state index contributed by atoms with van der Waals surface area (Å²) in [5.74, 6) is 0.433. The minimum Gasteiger partial charge on any atom is -0.494 e. The SMILES string of the molecule is CN(C)C(CNC(=O)CCCOc1ccc2c(c1)CCC(=O)N2)c1cccc(F)c1. The zero-order valence-corrected chi connectivity index (χ0v) is 17.4. The predicted molar refractivity (Wildman–Crippen MR) is 114 cm³/mol. The van der Waals surface area contributed by atoms with Gasteiger partial charge >= 0.3 is 0 Å². The van der Waals surface area contributed by atoms with E-state index in [1.807, 2.05) is 43.3 Å². The number of anilines is 1. The normalized spacial score (nSPS) is 14.1. The molecule has 3 rings (SSSR count). The largest absolute Gasteiger partial charge is 0.494 e. The van der Waals surface area contributed by atoms with Gasteiger partial charge in [0.2, 0.25) is 11.8 Å². The van der Waals surface area contributed by atoms with Crippen LogP contribution in [0.15, 0.2) is 42.5 Å². The van der Waals surface area contributed by atoms with Gasteiger partial charge in [-0.15, -0.1) is 0 Å². The Labute approximate surface area is 176 Å². The van der Waals surface area contributed by atoms with E-state index in [4.69, 9.17) is 4.74 Å². The molecule has 0 saturated heterocycles. The van der Waals surface area contributed by atoms with Gasteiger partial charge in [0.05, 0.1) is 12.6 Å². The van der Waals surface area contributed by atoms with Gasteiger partial charge in [0.15, 0.2) is 0 Å². The quantitative estimate of drug-likeness (QED) is 0.619. The highest BCUT2D eigenvalue weighted by Crippen LogP contribution is 2.27. The first kappa shape index (κ1) is 21.8. The van der Waals surface area contributed by atoms with Gasteiger partial charge < -0.3 is 20.3 Å². The van der Waals surface area contributed by atoms with Crippen LogP contribution in [0.5, 0.6) is 5.75 Å². The van der Waals surface area contributed by atoms with E-state index in [2.05, 4.69) is 10.6 Å². The highest BCUT2D eigenvalue weighted by molar-refractivity contribution is 5.94. The Balaban J connectivity index is 1.41. The molecule has 0 spiro atoms. The average Bonchev–Trinajstić information content (AvgIpc) is 2.71. The number of nitrogens with zero attached hydrogens (tertiary/aromatic N) is 1. The van der Waals surface area contributed by atoms with Gasteiger partial charge in [-0.3, -0.25) is 9.59 Å². The number of fused-ring (bicyclic) bond motifs is 1. The summed E-state index contributed by atoms with van der Waals surface area (Å²) in [6, 6.07) is 12.0. The van der Waals surface area contributed by atoms with E-state index in [9.17, 15) is 14.0 Å². The third kappa shape index (κ3) is 6.03. The second-order valence-corrected chi connectivity index (χ2v) is 7.66. The molecule has 1 unspecified atom stereocenters. The topological polar surface area (TPSA) is 70.7 Å². The number of hydrogen-bond acceptors (Lipinski definition) is 4. The van der Waals surface area contributed by atoms with Crippen LogP contribution in [0.25, 0.3) is 0 Å². The number of carbonyl (C=O) groups is 2. The molecule has 0 aliphatic carbocycles. The molecule has 0 bridgehead atoms. The first-order chi connectivity index (χ1) is 14.4. The Kier molecular flexibility index (Phi) is 7.41. The number of likely N-dealkylation sites (N-methyl/N-ethyl adjacent to an activating group) is 1. The number of carbonyl (C=O) groups excluding carboxylic acids is 2. The van der Waals surface area contributed by atoms with Gasteiger partial charge in [0.1, 0.15) is 11.6 Å². The highest BCUT2D eigenvalue weighted by Gasteiger charge is 2.17. The van der Waals surface area contributed by atoms with Crippen molar-refractivity contribution in [3.63, 3.8) is 0 Å². The summed E-state index contributed by atoms with van der Waals surface area (Å²) in [6.07, 6.45) is 2.13. The molecule has 0 saturated carbocycles. The van der Waals surface area contributed by atoms with E-state index in [1.54, 1.807) is 6.07 Å². The van der Waals surface area contributed by atoms with Crippen LogP contribution in [-0.2, 0) is 16.0 Å². The van der Waals surface area contributed by atoms with E-state index in [0.717, 1.165) is 22.6 Å². The number of amides is 2. The minimum atomic E-state index is -0.285.